The normalized spacial score (nSPS) is 22.2. The molecule has 3 heteroatoms. The van der Waals surface area contributed by atoms with Gasteiger partial charge in [0.15, 0.2) is 0 Å². The van der Waals surface area contributed by atoms with Gasteiger partial charge < -0.3 is 9.47 Å². The molecule has 0 bridgehead atoms. The van der Waals surface area contributed by atoms with Crippen LogP contribution in [0.5, 0.6) is 0 Å². The predicted octanol–water partition coefficient (Wildman–Crippen LogP) is 2.23. The molecule has 0 aromatic carbocycles. The maximum absolute atomic E-state index is 11.2. The smallest absolute Gasteiger partial charge is 0.330 e. The Kier molecular flexibility index (Phi) is 4.56. The second-order valence-corrected chi connectivity index (χ2v) is 3.72. The maximum Gasteiger partial charge on any atom is 0.330 e. The van der Waals surface area contributed by atoms with E-state index in [1.807, 2.05) is 6.92 Å². The maximum atomic E-state index is 11.2. The van der Waals surface area contributed by atoms with E-state index in [1.54, 1.807) is 6.92 Å². The zero-order valence-electron chi connectivity index (χ0n) is 9.58. The van der Waals surface area contributed by atoms with Gasteiger partial charge in [-0.1, -0.05) is 11.6 Å². The van der Waals surface area contributed by atoms with Crippen molar-refractivity contribution >= 4 is 5.97 Å². The monoisotopic (exact) mass is 210 g/mol. The summed E-state index contributed by atoms with van der Waals surface area (Å²) in [6.07, 6.45) is 4.47. The van der Waals surface area contributed by atoms with Crippen molar-refractivity contribution < 1.29 is 14.3 Å². The van der Waals surface area contributed by atoms with Crippen molar-refractivity contribution in [3.05, 3.63) is 23.3 Å². The van der Waals surface area contributed by atoms with Crippen LogP contribution in [0, 0.1) is 0 Å². The van der Waals surface area contributed by atoms with Crippen LogP contribution in [0.1, 0.15) is 27.2 Å². The molecule has 0 aromatic heterocycles. The van der Waals surface area contributed by atoms with E-state index < -0.39 is 0 Å². The van der Waals surface area contributed by atoms with Gasteiger partial charge in [0.05, 0.1) is 19.3 Å². The molecule has 0 fully saturated rings. The summed E-state index contributed by atoms with van der Waals surface area (Å²) in [6, 6.07) is 0. The van der Waals surface area contributed by atoms with Crippen LogP contribution in [-0.2, 0) is 14.3 Å². The Labute approximate surface area is 90.8 Å². The van der Waals surface area contributed by atoms with Gasteiger partial charge in [-0.25, -0.2) is 4.79 Å². The van der Waals surface area contributed by atoms with Crippen molar-refractivity contribution in [3.63, 3.8) is 0 Å². The average molecular weight is 210 g/mol. The molecule has 0 radical (unpaired) electrons. The van der Waals surface area contributed by atoms with Crippen molar-refractivity contribution in [1.82, 2.24) is 0 Å². The molecule has 15 heavy (non-hydrogen) atoms. The SMILES string of the molecule is CCOC(=O)C=C(C)C1CC(C)=CCO1. The van der Waals surface area contributed by atoms with E-state index in [4.69, 9.17) is 9.47 Å². The summed E-state index contributed by atoms with van der Waals surface area (Å²) in [4.78, 5) is 11.2. The highest BCUT2D eigenvalue weighted by Crippen LogP contribution is 2.20. The minimum absolute atomic E-state index is 0.0272. The molecule has 0 aromatic rings. The molecule has 0 saturated carbocycles. The fourth-order valence-corrected chi connectivity index (χ4v) is 1.50. The Bertz CT molecular complexity index is 289. The van der Waals surface area contributed by atoms with Gasteiger partial charge in [0.25, 0.3) is 0 Å². The molecule has 1 heterocycles. The molecular formula is C12H18O3. The molecule has 0 aliphatic carbocycles. The quantitative estimate of drug-likeness (QED) is 0.407. The first-order valence-corrected chi connectivity index (χ1v) is 5.25. The molecule has 1 aliphatic heterocycles. The Hall–Kier alpha value is -1.09. The summed E-state index contributed by atoms with van der Waals surface area (Å²) < 4.78 is 10.4. The minimum Gasteiger partial charge on any atom is -0.463 e. The van der Waals surface area contributed by atoms with Gasteiger partial charge in [0.1, 0.15) is 0 Å². The minimum atomic E-state index is -0.286. The molecule has 84 valence electrons. The third kappa shape index (κ3) is 3.88. The largest absolute Gasteiger partial charge is 0.463 e. The lowest BCUT2D eigenvalue weighted by Crippen LogP contribution is -2.20. The number of esters is 1. The highest BCUT2D eigenvalue weighted by molar-refractivity contribution is 5.82. The summed E-state index contributed by atoms with van der Waals surface area (Å²) >= 11 is 0. The lowest BCUT2D eigenvalue weighted by atomic mass is 10.0. The Morgan fingerprint density at radius 2 is 2.47 bits per heavy atom. The third-order valence-electron chi connectivity index (χ3n) is 2.38. The van der Waals surface area contributed by atoms with Crippen LogP contribution in [0.4, 0.5) is 0 Å². The van der Waals surface area contributed by atoms with Gasteiger partial charge in [-0.2, -0.15) is 0 Å². The van der Waals surface area contributed by atoms with E-state index in [9.17, 15) is 4.79 Å². The molecule has 1 unspecified atom stereocenters. The number of carbonyl (C=O) groups excluding carboxylic acids is 1. The van der Waals surface area contributed by atoms with Gasteiger partial charge in [0.2, 0.25) is 0 Å². The molecule has 1 aliphatic rings. The first-order valence-electron chi connectivity index (χ1n) is 5.25. The molecule has 0 saturated heterocycles. The Morgan fingerprint density at radius 1 is 1.73 bits per heavy atom. The van der Waals surface area contributed by atoms with Crippen LogP contribution in [0.3, 0.4) is 0 Å². The van der Waals surface area contributed by atoms with Crippen LogP contribution in [-0.4, -0.2) is 25.3 Å². The van der Waals surface area contributed by atoms with E-state index in [1.165, 1.54) is 11.6 Å². The highest BCUT2D eigenvalue weighted by atomic mass is 16.5. The van der Waals surface area contributed by atoms with E-state index in [2.05, 4.69) is 13.0 Å². The molecule has 0 amide bonds. The van der Waals surface area contributed by atoms with Gasteiger partial charge in [-0.05, 0) is 32.8 Å². The van der Waals surface area contributed by atoms with Gasteiger partial charge in [-0.15, -0.1) is 0 Å². The number of ether oxygens (including phenoxy) is 2. The summed E-state index contributed by atoms with van der Waals surface area (Å²) in [5, 5.41) is 0. The molecular weight excluding hydrogens is 192 g/mol. The fourth-order valence-electron chi connectivity index (χ4n) is 1.50. The van der Waals surface area contributed by atoms with E-state index in [-0.39, 0.29) is 12.1 Å². The van der Waals surface area contributed by atoms with Crippen LogP contribution in [0.15, 0.2) is 23.3 Å². The van der Waals surface area contributed by atoms with Gasteiger partial charge in [0, 0.05) is 6.08 Å². The Balaban J connectivity index is 2.56. The molecule has 3 nitrogen and oxygen atoms in total. The summed E-state index contributed by atoms with van der Waals surface area (Å²) in [6.45, 7) is 6.82. The first kappa shape index (κ1) is 12.0. The molecule has 0 spiro atoms. The lowest BCUT2D eigenvalue weighted by Gasteiger charge is -2.22. The topological polar surface area (TPSA) is 35.5 Å². The number of carbonyl (C=O) groups is 1. The molecule has 1 rings (SSSR count). The second kappa shape index (κ2) is 5.71. The number of rotatable bonds is 3. The number of hydrogen-bond donors (Lipinski definition) is 0. The number of hydrogen-bond acceptors (Lipinski definition) is 3. The van der Waals surface area contributed by atoms with E-state index >= 15 is 0 Å². The Morgan fingerprint density at radius 3 is 3.07 bits per heavy atom. The van der Waals surface area contributed by atoms with Crippen LogP contribution in [0.25, 0.3) is 0 Å². The van der Waals surface area contributed by atoms with Gasteiger partial charge >= 0.3 is 5.97 Å². The van der Waals surface area contributed by atoms with Gasteiger partial charge in [-0.3, -0.25) is 0 Å². The zero-order chi connectivity index (χ0) is 11.3. The van der Waals surface area contributed by atoms with Crippen LogP contribution in [0.2, 0.25) is 0 Å². The van der Waals surface area contributed by atoms with Crippen molar-refractivity contribution in [1.29, 1.82) is 0 Å². The van der Waals surface area contributed by atoms with Crippen LogP contribution >= 0.6 is 0 Å². The van der Waals surface area contributed by atoms with Crippen LogP contribution < -0.4 is 0 Å². The highest BCUT2D eigenvalue weighted by Gasteiger charge is 2.16. The van der Waals surface area contributed by atoms with E-state index in [0.717, 1.165) is 12.0 Å². The van der Waals surface area contributed by atoms with Crippen molar-refractivity contribution in [2.75, 3.05) is 13.2 Å². The second-order valence-electron chi connectivity index (χ2n) is 3.72. The fraction of sp³-hybridized carbons (Fsp3) is 0.583. The lowest BCUT2D eigenvalue weighted by molar-refractivity contribution is -0.137. The summed E-state index contributed by atoms with van der Waals surface area (Å²) in [7, 11) is 0. The van der Waals surface area contributed by atoms with Crippen molar-refractivity contribution in [2.45, 2.75) is 33.3 Å². The molecule has 0 N–H and O–H groups in total. The predicted molar refractivity (Wildman–Crippen MR) is 58.5 cm³/mol. The third-order valence-corrected chi connectivity index (χ3v) is 2.38. The van der Waals surface area contributed by atoms with Crippen molar-refractivity contribution in [3.8, 4) is 0 Å². The standard InChI is InChI=1S/C12H18O3/c1-4-14-12(13)8-10(3)11-7-9(2)5-6-15-11/h5,8,11H,4,6-7H2,1-3H3. The summed E-state index contributed by atoms with van der Waals surface area (Å²) in [5.74, 6) is -0.286. The van der Waals surface area contributed by atoms with Crippen molar-refractivity contribution in [2.24, 2.45) is 0 Å². The average Bonchev–Trinajstić information content (AvgIpc) is 2.18. The summed E-state index contributed by atoms with van der Waals surface area (Å²) in [5.41, 5.74) is 2.24. The zero-order valence-corrected chi connectivity index (χ0v) is 9.58. The van der Waals surface area contributed by atoms with E-state index in [0.29, 0.717) is 13.2 Å². The first-order chi connectivity index (χ1) is 7.13. The molecule has 1 atom stereocenters.